The quantitative estimate of drug-likeness (QED) is 0.678. The van der Waals surface area contributed by atoms with Crippen molar-refractivity contribution in [3.05, 3.63) is 53.3 Å². The molecule has 2 aromatic rings. The van der Waals surface area contributed by atoms with Crippen LogP contribution in [0.3, 0.4) is 0 Å². The highest BCUT2D eigenvalue weighted by atomic mass is 35.5. The van der Waals surface area contributed by atoms with E-state index in [1.165, 1.54) is 11.8 Å². The van der Waals surface area contributed by atoms with Gasteiger partial charge >= 0.3 is 0 Å². The van der Waals surface area contributed by atoms with E-state index >= 15 is 0 Å². The third-order valence-corrected chi connectivity index (χ3v) is 4.47. The molecular weight excluding hydrogens is 280 g/mol. The van der Waals surface area contributed by atoms with Gasteiger partial charge in [0.2, 0.25) is 0 Å². The van der Waals surface area contributed by atoms with E-state index in [4.69, 9.17) is 11.6 Å². The Morgan fingerprint density at radius 2 is 1.84 bits per heavy atom. The lowest BCUT2D eigenvalue weighted by atomic mass is 9.98. The Morgan fingerprint density at radius 1 is 1.21 bits per heavy atom. The summed E-state index contributed by atoms with van der Waals surface area (Å²) in [5, 5.41) is 11.0. The van der Waals surface area contributed by atoms with Crippen LogP contribution in [0.25, 0.3) is 0 Å². The molecule has 1 N–H and O–H groups in total. The largest absolute Gasteiger partial charge is 0.395 e. The van der Waals surface area contributed by atoms with Crippen LogP contribution in [-0.4, -0.2) is 26.9 Å². The Bertz CT molecular complexity index is 507. The molecule has 3 nitrogen and oxygen atoms in total. The van der Waals surface area contributed by atoms with Gasteiger partial charge in [0.1, 0.15) is 0 Å². The molecule has 2 unspecified atom stereocenters. The maximum Gasteiger partial charge on any atom is 0.187 e. The minimum Gasteiger partial charge on any atom is -0.395 e. The van der Waals surface area contributed by atoms with Crippen molar-refractivity contribution >= 4 is 23.4 Å². The van der Waals surface area contributed by atoms with Crippen LogP contribution < -0.4 is 0 Å². The first kappa shape index (κ1) is 14.3. The average molecular weight is 295 g/mol. The molecule has 0 amide bonds. The van der Waals surface area contributed by atoms with Gasteiger partial charge in [0.25, 0.3) is 0 Å². The summed E-state index contributed by atoms with van der Waals surface area (Å²) in [6.07, 6.45) is 3.41. The summed E-state index contributed by atoms with van der Waals surface area (Å²) >= 11 is 7.38. The summed E-state index contributed by atoms with van der Waals surface area (Å²) in [5.41, 5.74) is 1.15. The van der Waals surface area contributed by atoms with E-state index < -0.39 is 0 Å². The second kappa shape index (κ2) is 6.89. The van der Waals surface area contributed by atoms with Gasteiger partial charge in [-0.05, 0) is 29.7 Å². The lowest BCUT2D eigenvalue weighted by Crippen LogP contribution is -2.17. The van der Waals surface area contributed by atoms with Crippen molar-refractivity contribution in [3.63, 3.8) is 0 Å². The molecule has 0 spiro atoms. The molecule has 0 saturated heterocycles. The van der Waals surface area contributed by atoms with Crippen molar-refractivity contribution < 1.29 is 5.11 Å². The minimum absolute atomic E-state index is 0.0172. The highest BCUT2D eigenvalue weighted by Gasteiger charge is 2.20. The van der Waals surface area contributed by atoms with Crippen LogP contribution in [0.4, 0.5) is 0 Å². The molecule has 0 aliphatic heterocycles. The Hall–Kier alpha value is -1.10. The molecule has 1 aromatic heterocycles. The summed E-state index contributed by atoms with van der Waals surface area (Å²) in [6.45, 7) is 2.16. The van der Waals surface area contributed by atoms with E-state index in [2.05, 4.69) is 16.9 Å². The number of hydrogen-bond acceptors (Lipinski definition) is 4. The van der Waals surface area contributed by atoms with E-state index in [1.54, 1.807) is 18.5 Å². The summed E-state index contributed by atoms with van der Waals surface area (Å²) in [6, 6.07) is 9.49. The molecular formula is C14H15ClN2OS. The van der Waals surface area contributed by atoms with Crippen molar-refractivity contribution in [2.45, 2.75) is 23.2 Å². The molecule has 2 rings (SSSR count). The zero-order valence-corrected chi connectivity index (χ0v) is 12.1. The highest BCUT2D eigenvalue weighted by Crippen LogP contribution is 2.31. The number of benzene rings is 1. The fourth-order valence-corrected chi connectivity index (χ4v) is 2.84. The predicted octanol–water partition coefficient (Wildman–Crippen LogP) is 3.39. The second-order valence-corrected chi connectivity index (χ2v) is 5.85. The molecule has 100 valence electrons. The standard InChI is InChI=1S/C14H15ClN2OS/c1-10(11-3-5-12(15)6-4-11)13(9-18)19-14-16-7-2-8-17-14/h2-8,10,13,18H,9H2,1H3. The number of halogens is 1. The number of nitrogens with zero attached hydrogens (tertiary/aromatic N) is 2. The lowest BCUT2D eigenvalue weighted by molar-refractivity contribution is 0.285. The molecule has 0 fully saturated rings. The lowest BCUT2D eigenvalue weighted by Gasteiger charge is -2.21. The van der Waals surface area contributed by atoms with Gasteiger partial charge in [-0.15, -0.1) is 0 Å². The average Bonchev–Trinajstić information content (AvgIpc) is 2.46. The zero-order chi connectivity index (χ0) is 13.7. The number of aromatic nitrogens is 2. The first-order valence-electron chi connectivity index (χ1n) is 6.00. The van der Waals surface area contributed by atoms with Gasteiger partial charge in [0, 0.05) is 22.7 Å². The predicted molar refractivity (Wildman–Crippen MR) is 78.6 cm³/mol. The topological polar surface area (TPSA) is 46.0 Å². The molecule has 0 radical (unpaired) electrons. The van der Waals surface area contributed by atoms with Crippen molar-refractivity contribution in [3.8, 4) is 0 Å². The van der Waals surface area contributed by atoms with Crippen LogP contribution in [0.15, 0.2) is 47.9 Å². The van der Waals surface area contributed by atoms with Crippen molar-refractivity contribution in [1.29, 1.82) is 0 Å². The molecule has 1 aromatic carbocycles. The molecule has 5 heteroatoms. The van der Waals surface area contributed by atoms with Gasteiger partial charge in [-0.25, -0.2) is 9.97 Å². The SMILES string of the molecule is CC(c1ccc(Cl)cc1)C(CO)Sc1ncccn1. The first-order valence-corrected chi connectivity index (χ1v) is 7.26. The van der Waals surface area contributed by atoms with Gasteiger partial charge in [0.05, 0.1) is 6.61 Å². The number of thioether (sulfide) groups is 1. The minimum atomic E-state index is 0.0172. The Labute approximate surface area is 122 Å². The fourth-order valence-electron chi connectivity index (χ4n) is 1.76. The van der Waals surface area contributed by atoms with Crippen LogP contribution >= 0.6 is 23.4 Å². The molecule has 0 saturated carbocycles. The van der Waals surface area contributed by atoms with E-state index in [0.717, 1.165) is 10.6 Å². The summed E-state index contributed by atoms with van der Waals surface area (Å²) in [7, 11) is 0. The molecule has 1 heterocycles. The van der Waals surface area contributed by atoms with Gasteiger partial charge < -0.3 is 5.11 Å². The monoisotopic (exact) mass is 294 g/mol. The summed E-state index contributed by atoms with van der Waals surface area (Å²) in [4.78, 5) is 8.35. The van der Waals surface area contributed by atoms with E-state index in [0.29, 0.717) is 5.16 Å². The molecule has 0 bridgehead atoms. The van der Waals surface area contributed by atoms with E-state index in [1.807, 2.05) is 24.3 Å². The van der Waals surface area contributed by atoms with E-state index in [-0.39, 0.29) is 17.8 Å². The number of rotatable bonds is 5. The third kappa shape index (κ3) is 3.93. The Kier molecular flexibility index (Phi) is 5.19. The third-order valence-electron chi connectivity index (χ3n) is 2.93. The van der Waals surface area contributed by atoms with Crippen LogP contribution in [0.5, 0.6) is 0 Å². The van der Waals surface area contributed by atoms with Crippen LogP contribution in [0.1, 0.15) is 18.4 Å². The van der Waals surface area contributed by atoms with Crippen LogP contribution in [-0.2, 0) is 0 Å². The Morgan fingerprint density at radius 3 is 2.42 bits per heavy atom. The summed E-state index contributed by atoms with van der Waals surface area (Å²) in [5.74, 6) is 0.191. The zero-order valence-electron chi connectivity index (χ0n) is 10.5. The molecule has 0 aliphatic carbocycles. The van der Waals surface area contributed by atoms with Gasteiger partial charge in [-0.3, -0.25) is 0 Å². The van der Waals surface area contributed by atoms with Gasteiger partial charge in [-0.1, -0.05) is 42.4 Å². The molecule has 19 heavy (non-hydrogen) atoms. The highest BCUT2D eigenvalue weighted by molar-refractivity contribution is 7.99. The van der Waals surface area contributed by atoms with Crippen molar-refractivity contribution in [1.82, 2.24) is 9.97 Å². The van der Waals surface area contributed by atoms with Crippen LogP contribution in [0, 0.1) is 0 Å². The molecule has 2 atom stereocenters. The van der Waals surface area contributed by atoms with E-state index in [9.17, 15) is 5.11 Å². The number of aliphatic hydroxyl groups excluding tert-OH is 1. The fraction of sp³-hybridized carbons (Fsp3) is 0.286. The smallest absolute Gasteiger partial charge is 0.187 e. The Balaban J connectivity index is 2.11. The molecule has 0 aliphatic rings. The van der Waals surface area contributed by atoms with Crippen molar-refractivity contribution in [2.75, 3.05) is 6.61 Å². The van der Waals surface area contributed by atoms with Crippen molar-refractivity contribution in [2.24, 2.45) is 0 Å². The maximum atomic E-state index is 9.57. The second-order valence-electron chi connectivity index (χ2n) is 4.21. The van der Waals surface area contributed by atoms with Gasteiger partial charge in [0.15, 0.2) is 5.16 Å². The number of aliphatic hydroxyl groups is 1. The number of hydrogen-bond donors (Lipinski definition) is 1. The first-order chi connectivity index (χ1) is 9.20. The van der Waals surface area contributed by atoms with Gasteiger partial charge in [-0.2, -0.15) is 0 Å². The normalized spacial score (nSPS) is 14.1. The van der Waals surface area contributed by atoms with Crippen LogP contribution in [0.2, 0.25) is 5.02 Å². The summed E-state index contributed by atoms with van der Waals surface area (Å²) < 4.78 is 0. The maximum absolute atomic E-state index is 9.57.